The first-order valence-corrected chi connectivity index (χ1v) is 10.9. The quantitative estimate of drug-likeness (QED) is 0.338. The molecule has 0 amide bonds. The lowest BCUT2D eigenvalue weighted by Gasteiger charge is -2.60. The lowest BCUT2D eigenvalue weighted by atomic mass is 9.50. The van der Waals surface area contributed by atoms with Gasteiger partial charge in [-0.2, -0.15) is 0 Å². The van der Waals surface area contributed by atoms with Crippen molar-refractivity contribution in [2.45, 2.75) is 97.2 Å². The first-order chi connectivity index (χ1) is 10.4. The van der Waals surface area contributed by atoms with Crippen LogP contribution in [0.25, 0.3) is 0 Å². The molecule has 0 aromatic heterocycles. The van der Waals surface area contributed by atoms with E-state index >= 15 is 0 Å². The molecule has 22 heavy (non-hydrogen) atoms. The molecule has 0 spiro atoms. The number of hydrogen-bond donors (Lipinski definition) is 1. The lowest BCUT2D eigenvalue weighted by Crippen LogP contribution is -2.59. The van der Waals surface area contributed by atoms with Crippen LogP contribution in [-0.2, 0) is 4.74 Å². The van der Waals surface area contributed by atoms with Crippen molar-refractivity contribution < 1.29 is 9.84 Å². The Morgan fingerprint density at radius 2 is 1.68 bits per heavy atom. The van der Waals surface area contributed by atoms with E-state index < -0.39 is 5.60 Å². The van der Waals surface area contributed by atoms with Crippen LogP contribution in [0.5, 0.6) is 0 Å². The molecule has 1 aliphatic rings. The van der Waals surface area contributed by atoms with Crippen LogP contribution >= 0.6 is 22.6 Å². The maximum absolute atomic E-state index is 10.5. The van der Waals surface area contributed by atoms with Gasteiger partial charge in [0.1, 0.15) is 0 Å². The van der Waals surface area contributed by atoms with Gasteiger partial charge in [-0.05, 0) is 57.3 Å². The van der Waals surface area contributed by atoms with E-state index in [9.17, 15) is 5.11 Å². The number of halogens is 1. The highest BCUT2D eigenvalue weighted by molar-refractivity contribution is 14.1. The molecule has 2 atom stereocenters. The van der Waals surface area contributed by atoms with E-state index in [1.807, 2.05) is 0 Å². The fourth-order valence-electron chi connectivity index (χ4n) is 4.65. The molecule has 0 saturated heterocycles. The number of ether oxygens (including phenoxy) is 1. The minimum Gasteiger partial charge on any atom is -0.390 e. The van der Waals surface area contributed by atoms with E-state index in [4.69, 9.17) is 4.74 Å². The van der Waals surface area contributed by atoms with Gasteiger partial charge in [0.05, 0.1) is 17.8 Å². The van der Waals surface area contributed by atoms with Crippen LogP contribution in [0.15, 0.2) is 0 Å². The van der Waals surface area contributed by atoms with E-state index in [1.54, 1.807) is 0 Å². The Hall–Kier alpha value is 0.650. The highest BCUT2D eigenvalue weighted by Gasteiger charge is 2.57. The maximum Gasteiger partial charge on any atom is 0.0736 e. The molecule has 1 aliphatic carbocycles. The molecule has 0 heterocycles. The van der Waals surface area contributed by atoms with Crippen molar-refractivity contribution in [1.82, 2.24) is 0 Å². The summed E-state index contributed by atoms with van der Waals surface area (Å²) in [6.07, 6.45) is 8.44. The topological polar surface area (TPSA) is 29.5 Å². The molecule has 0 aliphatic heterocycles. The number of rotatable bonds is 11. The van der Waals surface area contributed by atoms with Gasteiger partial charge in [0.15, 0.2) is 0 Å². The smallest absolute Gasteiger partial charge is 0.0736 e. The van der Waals surface area contributed by atoms with Gasteiger partial charge in [0, 0.05) is 9.84 Å². The highest BCUT2D eigenvalue weighted by atomic mass is 127. The van der Waals surface area contributed by atoms with Gasteiger partial charge in [0.25, 0.3) is 0 Å². The Morgan fingerprint density at radius 1 is 1.09 bits per heavy atom. The predicted molar refractivity (Wildman–Crippen MR) is 104 cm³/mol. The van der Waals surface area contributed by atoms with Gasteiger partial charge in [-0.3, -0.25) is 0 Å². The second-order valence-electron chi connectivity index (χ2n) is 7.13. The fraction of sp³-hybridized carbons (Fsp3) is 1.00. The monoisotopic (exact) mass is 424 g/mol. The molecular weight excluding hydrogens is 387 g/mol. The van der Waals surface area contributed by atoms with Crippen molar-refractivity contribution >= 4 is 22.6 Å². The van der Waals surface area contributed by atoms with Gasteiger partial charge >= 0.3 is 0 Å². The second kappa shape index (κ2) is 8.66. The predicted octanol–water partition coefficient (Wildman–Crippen LogP) is 5.74. The van der Waals surface area contributed by atoms with E-state index in [0.717, 1.165) is 38.0 Å². The standard InChI is InChI=1S/C19H37IO2/c1-6-17(21,7-2)13-14-22-19(9-4,10-5)18(8-3)12-11-16(18)15-20/h16,21H,6-15H2,1-5H3. The molecule has 2 unspecified atom stereocenters. The molecule has 1 N–H and O–H groups in total. The molecule has 2 nitrogen and oxygen atoms in total. The molecule has 3 heteroatoms. The molecule has 0 aromatic carbocycles. The van der Waals surface area contributed by atoms with Gasteiger partial charge < -0.3 is 9.84 Å². The number of aliphatic hydroxyl groups is 1. The minimum atomic E-state index is -0.547. The third-order valence-electron chi connectivity index (χ3n) is 6.85. The molecular formula is C19H37IO2. The Morgan fingerprint density at radius 3 is 2.00 bits per heavy atom. The lowest BCUT2D eigenvalue weighted by molar-refractivity contribution is -0.204. The van der Waals surface area contributed by atoms with Crippen LogP contribution in [0.1, 0.15) is 86.0 Å². The van der Waals surface area contributed by atoms with Crippen LogP contribution < -0.4 is 0 Å². The largest absolute Gasteiger partial charge is 0.390 e. The van der Waals surface area contributed by atoms with Crippen LogP contribution in [-0.4, -0.2) is 27.3 Å². The van der Waals surface area contributed by atoms with Crippen LogP contribution in [0, 0.1) is 11.3 Å². The second-order valence-corrected chi connectivity index (χ2v) is 8.01. The van der Waals surface area contributed by atoms with Crippen molar-refractivity contribution in [3.05, 3.63) is 0 Å². The Bertz CT molecular complexity index is 317. The molecule has 132 valence electrons. The summed E-state index contributed by atoms with van der Waals surface area (Å²) in [4.78, 5) is 0. The van der Waals surface area contributed by atoms with Gasteiger partial charge in [-0.25, -0.2) is 0 Å². The molecule has 1 saturated carbocycles. The van der Waals surface area contributed by atoms with Crippen molar-refractivity contribution in [2.24, 2.45) is 11.3 Å². The van der Waals surface area contributed by atoms with E-state index in [1.165, 1.54) is 23.7 Å². The summed E-state index contributed by atoms with van der Waals surface area (Å²) >= 11 is 2.55. The number of hydrogen-bond acceptors (Lipinski definition) is 2. The molecule has 1 rings (SSSR count). The Labute approximate surface area is 151 Å². The summed E-state index contributed by atoms with van der Waals surface area (Å²) < 4.78 is 7.84. The zero-order valence-electron chi connectivity index (χ0n) is 15.4. The van der Waals surface area contributed by atoms with Crippen LogP contribution in [0.3, 0.4) is 0 Å². The third-order valence-corrected chi connectivity index (χ3v) is 7.91. The van der Waals surface area contributed by atoms with Crippen LogP contribution in [0.2, 0.25) is 0 Å². The Balaban J connectivity index is 2.83. The highest BCUT2D eigenvalue weighted by Crippen LogP contribution is 2.60. The first-order valence-electron chi connectivity index (χ1n) is 9.35. The van der Waals surface area contributed by atoms with Crippen molar-refractivity contribution in [2.75, 3.05) is 11.0 Å². The summed E-state index contributed by atoms with van der Waals surface area (Å²) in [5, 5.41) is 10.5. The summed E-state index contributed by atoms with van der Waals surface area (Å²) in [6.45, 7) is 11.8. The Kier molecular flexibility index (Phi) is 8.15. The minimum absolute atomic E-state index is 0.00175. The number of alkyl halides is 1. The average molecular weight is 424 g/mol. The summed E-state index contributed by atoms with van der Waals surface area (Å²) in [5.74, 6) is 0.800. The average Bonchev–Trinajstić information content (AvgIpc) is 2.53. The molecule has 1 fully saturated rings. The summed E-state index contributed by atoms with van der Waals surface area (Å²) in [5.41, 5.74) is -0.193. The molecule has 0 aromatic rings. The van der Waals surface area contributed by atoms with E-state index in [-0.39, 0.29) is 5.60 Å². The SMILES string of the molecule is CCC(O)(CC)CCOC(CC)(CC)C1(CC)CCC1CI. The zero-order chi connectivity index (χ0) is 16.9. The van der Waals surface area contributed by atoms with Gasteiger partial charge in [0.2, 0.25) is 0 Å². The maximum atomic E-state index is 10.5. The first kappa shape index (κ1) is 20.7. The van der Waals surface area contributed by atoms with Crippen molar-refractivity contribution in [3.8, 4) is 0 Å². The summed E-state index contributed by atoms with van der Waals surface area (Å²) in [7, 11) is 0. The van der Waals surface area contributed by atoms with Crippen molar-refractivity contribution in [3.63, 3.8) is 0 Å². The third kappa shape index (κ3) is 3.66. The summed E-state index contributed by atoms with van der Waals surface area (Å²) in [6, 6.07) is 0. The fourth-order valence-corrected chi connectivity index (χ4v) is 5.93. The molecule has 0 bridgehead atoms. The van der Waals surface area contributed by atoms with Crippen LogP contribution in [0.4, 0.5) is 0 Å². The van der Waals surface area contributed by atoms with Gasteiger partial charge in [-0.15, -0.1) is 0 Å². The van der Waals surface area contributed by atoms with E-state index in [2.05, 4.69) is 57.2 Å². The van der Waals surface area contributed by atoms with Gasteiger partial charge in [-0.1, -0.05) is 57.2 Å². The van der Waals surface area contributed by atoms with E-state index in [0.29, 0.717) is 12.0 Å². The van der Waals surface area contributed by atoms with Crippen molar-refractivity contribution in [1.29, 1.82) is 0 Å². The zero-order valence-corrected chi connectivity index (χ0v) is 17.5. The molecule has 0 radical (unpaired) electrons. The normalized spacial score (nSPS) is 26.0.